The van der Waals surface area contributed by atoms with Gasteiger partial charge in [-0.15, -0.1) is 23.5 Å². The second kappa shape index (κ2) is 16.4. The Kier molecular flexibility index (Phi) is 11.8. The molecule has 2 amide bonds. The molecule has 2 saturated heterocycles. The second-order valence-corrected chi connectivity index (χ2v) is 16.9. The van der Waals surface area contributed by atoms with Crippen LogP contribution in [0.1, 0.15) is 48.9 Å². The van der Waals surface area contributed by atoms with Crippen LogP contribution >= 0.6 is 23.5 Å². The van der Waals surface area contributed by atoms with Gasteiger partial charge in [-0.3, -0.25) is 29.0 Å². The summed E-state index contributed by atoms with van der Waals surface area (Å²) in [5.41, 5.74) is 5.00. The van der Waals surface area contributed by atoms with E-state index in [1.807, 2.05) is 62.4 Å². The summed E-state index contributed by atoms with van der Waals surface area (Å²) in [6.07, 6.45) is 0.856. The summed E-state index contributed by atoms with van der Waals surface area (Å²) in [5, 5.41) is 17.6. The molecular weight excluding hydrogens is 757 g/mol. The number of anilines is 2. The third-order valence-electron chi connectivity index (χ3n) is 10.2. The summed E-state index contributed by atoms with van der Waals surface area (Å²) in [6.45, 7) is 3.86. The molecule has 2 aliphatic heterocycles. The molecule has 0 unspecified atom stereocenters. The number of thioether (sulfide) groups is 2. The highest BCUT2D eigenvalue weighted by molar-refractivity contribution is 8.02. The van der Waals surface area contributed by atoms with Gasteiger partial charge in [-0.2, -0.15) is 0 Å². The lowest BCUT2D eigenvalue weighted by Gasteiger charge is -2.35. The van der Waals surface area contributed by atoms with E-state index < -0.39 is 32.2 Å². The predicted octanol–water partition coefficient (Wildman–Crippen LogP) is 7.10. The number of carbonyl (C=O) groups excluding carboxylic acids is 2. The van der Waals surface area contributed by atoms with E-state index in [1.54, 1.807) is 46.2 Å². The molecule has 0 radical (unpaired) electrons. The van der Waals surface area contributed by atoms with E-state index in [0.717, 1.165) is 35.1 Å². The monoisotopic (exact) mass is 800 g/mol. The van der Waals surface area contributed by atoms with Crippen molar-refractivity contribution in [3.05, 3.63) is 107 Å². The first-order valence-electron chi connectivity index (χ1n) is 17.9. The summed E-state index contributed by atoms with van der Waals surface area (Å²) >= 11 is 2.64. The maximum Gasteiger partial charge on any atom is 0.305 e. The van der Waals surface area contributed by atoms with Gasteiger partial charge in [0.05, 0.1) is 51.8 Å². The standard InChI is InChI=1S/C42H44N2O10S2/c1-41(43(39(49)35(55-41)23-37(45)46)29-17-19-31(51-3)33(21-29)53-5)27-13-9-25(10-14-27)7-8-26-11-15-28(16-12-26)42(2)44(40(50)36(56-42)24-38(47)48)30-18-20-32(52-4)34(22-30)54-6/h9-22,35-36H,7-8,23-24H2,1-6H3,(H,45,46)(H,47,48)/t35-,36-,41-,42-/m0/s1. The van der Waals surface area contributed by atoms with Crippen molar-refractivity contribution < 1.29 is 48.3 Å². The first-order valence-corrected chi connectivity index (χ1v) is 19.6. The van der Waals surface area contributed by atoms with Gasteiger partial charge in [-0.05, 0) is 73.2 Å². The molecule has 14 heteroatoms. The van der Waals surface area contributed by atoms with Gasteiger partial charge in [0.2, 0.25) is 11.8 Å². The zero-order chi connectivity index (χ0) is 40.4. The maximum atomic E-state index is 13.8. The fraction of sp³-hybridized carbons (Fsp3) is 0.333. The first kappa shape index (κ1) is 40.3. The number of nitrogens with zero attached hydrogens (tertiary/aromatic N) is 2. The fourth-order valence-electron chi connectivity index (χ4n) is 7.36. The molecule has 0 saturated carbocycles. The molecule has 0 spiro atoms. The van der Waals surface area contributed by atoms with E-state index in [0.29, 0.717) is 34.4 Å². The third kappa shape index (κ3) is 7.72. The number of amides is 2. The normalized spacial score (nSPS) is 22.0. The number of rotatable bonds is 15. The summed E-state index contributed by atoms with van der Waals surface area (Å²) < 4.78 is 21.8. The van der Waals surface area contributed by atoms with Crippen molar-refractivity contribution in [2.75, 3.05) is 38.2 Å². The van der Waals surface area contributed by atoms with Crippen LogP contribution in [0.25, 0.3) is 0 Å². The average Bonchev–Trinajstić information content (AvgIpc) is 3.59. The second-order valence-electron chi connectivity index (χ2n) is 13.7. The number of ether oxygens (including phenoxy) is 4. The predicted molar refractivity (Wildman–Crippen MR) is 216 cm³/mol. The van der Waals surface area contributed by atoms with Crippen molar-refractivity contribution in [2.45, 2.75) is 59.8 Å². The lowest BCUT2D eigenvalue weighted by molar-refractivity contribution is -0.138. The van der Waals surface area contributed by atoms with Crippen LogP contribution in [-0.4, -0.2) is 72.9 Å². The number of carboxylic acid groups (broad SMARTS) is 2. The SMILES string of the molecule is COc1ccc(N2C(=O)[C@H](CC(=O)O)S[C@@]2(C)c2ccc(CCc3ccc([C@]4(C)S[C@@H](CC(=O)O)C(=O)N4c4ccc(OC)c(OC)c4)cc3)cc2)cc1OC. The molecule has 4 atom stereocenters. The molecule has 294 valence electrons. The molecule has 6 rings (SSSR count). The summed E-state index contributed by atoms with van der Waals surface area (Å²) in [6, 6.07) is 26.5. The Hall–Kier alpha value is -5.34. The molecular formula is C42H44N2O10S2. The van der Waals surface area contributed by atoms with Gasteiger partial charge in [0, 0.05) is 23.5 Å². The summed E-state index contributed by atoms with van der Waals surface area (Å²) in [5.74, 6) is -0.732. The molecule has 0 aromatic heterocycles. The largest absolute Gasteiger partial charge is 0.493 e. The highest BCUT2D eigenvalue weighted by Gasteiger charge is 2.52. The van der Waals surface area contributed by atoms with E-state index in [2.05, 4.69) is 0 Å². The van der Waals surface area contributed by atoms with Gasteiger partial charge in [-0.25, -0.2) is 0 Å². The number of benzene rings is 4. The van der Waals surface area contributed by atoms with Crippen LogP contribution in [0.5, 0.6) is 23.0 Å². The van der Waals surface area contributed by atoms with Crippen LogP contribution < -0.4 is 28.7 Å². The lowest BCUT2D eigenvalue weighted by atomic mass is 9.98. The van der Waals surface area contributed by atoms with E-state index in [-0.39, 0.29) is 24.7 Å². The Balaban J connectivity index is 1.21. The molecule has 2 heterocycles. The summed E-state index contributed by atoms with van der Waals surface area (Å²) in [7, 11) is 6.11. The van der Waals surface area contributed by atoms with Crippen LogP contribution in [0, 0.1) is 0 Å². The van der Waals surface area contributed by atoms with E-state index in [1.165, 1.54) is 52.0 Å². The van der Waals surface area contributed by atoms with Crippen molar-refractivity contribution >= 4 is 58.7 Å². The van der Waals surface area contributed by atoms with Crippen LogP contribution in [-0.2, 0) is 41.8 Å². The Morgan fingerprint density at radius 2 is 0.911 bits per heavy atom. The first-order chi connectivity index (χ1) is 26.8. The number of methoxy groups -OCH3 is 4. The molecule has 4 aromatic carbocycles. The third-order valence-corrected chi connectivity index (χ3v) is 13.3. The van der Waals surface area contributed by atoms with Gasteiger partial charge < -0.3 is 29.2 Å². The van der Waals surface area contributed by atoms with Crippen molar-refractivity contribution in [3.63, 3.8) is 0 Å². The molecule has 2 aliphatic rings. The summed E-state index contributed by atoms with van der Waals surface area (Å²) in [4.78, 5) is 52.5. The zero-order valence-electron chi connectivity index (χ0n) is 31.9. The van der Waals surface area contributed by atoms with Crippen molar-refractivity contribution in [1.82, 2.24) is 0 Å². The van der Waals surface area contributed by atoms with Crippen molar-refractivity contribution in [3.8, 4) is 23.0 Å². The molecule has 0 aliphatic carbocycles. The molecule has 2 fully saturated rings. The number of hydrogen-bond acceptors (Lipinski definition) is 10. The highest BCUT2D eigenvalue weighted by atomic mass is 32.2. The van der Waals surface area contributed by atoms with Crippen LogP contribution in [0.15, 0.2) is 84.9 Å². The fourth-order valence-corrected chi connectivity index (χ4v) is 10.5. The van der Waals surface area contributed by atoms with E-state index in [9.17, 15) is 29.4 Å². The Bertz CT molecular complexity index is 1980. The smallest absolute Gasteiger partial charge is 0.305 e. The van der Waals surface area contributed by atoms with Gasteiger partial charge >= 0.3 is 11.9 Å². The van der Waals surface area contributed by atoms with Gasteiger partial charge in [0.15, 0.2) is 23.0 Å². The van der Waals surface area contributed by atoms with Crippen molar-refractivity contribution in [1.29, 1.82) is 0 Å². The molecule has 0 bridgehead atoms. The molecule has 2 N–H and O–H groups in total. The molecule has 12 nitrogen and oxygen atoms in total. The van der Waals surface area contributed by atoms with Gasteiger partial charge in [-0.1, -0.05) is 48.5 Å². The number of carboxylic acids is 2. The lowest BCUT2D eigenvalue weighted by Crippen LogP contribution is -2.41. The quantitative estimate of drug-likeness (QED) is 0.126. The number of aliphatic carboxylic acids is 2. The zero-order valence-corrected chi connectivity index (χ0v) is 33.6. The molecule has 4 aromatic rings. The van der Waals surface area contributed by atoms with E-state index in [4.69, 9.17) is 18.9 Å². The Morgan fingerprint density at radius 3 is 1.21 bits per heavy atom. The van der Waals surface area contributed by atoms with Crippen molar-refractivity contribution in [2.24, 2.45) is 0 Å². The number of aryl methyl sites for hydroxylation is 2. The number of carbonyl (C=O) groups is 4. The van der Waals surface area contributed by atoms with Crippen LogP contribution in [0.2, 0.25) is 0 Å². The van der Waals surface area contributed by atoms with E-state index >= 15 is 0 Å². The van der Waals surface area contributed by atoms with Gasteiger partial charge in [0.1, 0.15) is 9.74 Å². The minimum Gasteiger partial charge on any atom is -0.493 e. The van der Waals surface area contributed by atoms with Gasteiger partial charge in [0.25, 0.3) is 0 Å². The highest BCUT2D eigenvalue weighted by Crippen LogP contribution is 2.54. The average molecular weight is 801 g/mol. The van der Waals surface area contributed by atoms with Crippen LogP contribution in [0.4, 0.5) is 11.4 Å². The topological polar surface area (TPSA) is 152 Å². The molecule has 56 heavy (non-hydrogen) atoms. The minimum absolute atomic E-state index is 0.293. The maximum absolute atomic E-state index is 13.8. The number of hydrogen-bond donors (Lipinski definition) is 2. The Labute approximate surface area is 334 Å². The Morgan fingerprint density at radius 1 is 0.571 bits per heavy atom. The van der Waals surface area contributed by atoms with Crippen LogP contribution in [0.3, 0.4) is 0 Å². The minimum atomic E-state index is -1.04.